The number of aliphatic hydroxyl groups is 1. The van der Waals surface area contributed by atoms with E-state index in [9.17, 15) is 18.7 Å². The highest BCUT2D eigenvalue weighted by atomic mass is 19.1. The minimum absolute atomic E-state index is 0.00438. The van der Waals surface area contributed by atoms with E-state index in [1.807, 2.05) is 17.9 Å². The van der Waals surface area contributed by atoms with E-state index >= 15 is 0 Å². The van der Waals surface area contributed by atoms with Crippen LogP contribution in [0.5, 0.6) is 0 Å². The molecular formula is C30H41F2N5O3. The number of ether oxygens (including phenoxy) is 1. The van der Waals surface area contributed by atoms with E-state index in [0.29, 0.717) is 25.3 Å². The summed E-state index contributed by atoms with van der Waals surface area (Å²) in [6, 6.07) is 5.87. The lowest BCUT2D eigenvalue weighted by Crippen LogP contribution is -2.65. The molecule has 5 rings (SSSR count). The van der Waals surface area contributed by atoms with Crippen LogP contribution >= 0.6 is 0 Å². The molecule has 0 saturated carbocycles. The Morgan fingerprint density at radius 2 is 2.05 bits per heavy atom. The average Bonchev–Trinajstić information content (AvgIpc) is 3.18. The Morgan fingerprint density at radius 1 is 1.25 bits per heavy atom. The quantitative estimate of drug-likeness (QED) is 0.541. The molecule has 2 fully saturated rings. The highest BCUT2D eigenvalue weighted by molar-refractivity contribution is 5.97. The zero-order valence-electron chi connectivity index (χ0n) is 23.9. The van der Waals surface area contributed by atoms with Crippen molar-refractivity contribution in [2.24, 2.45) is 0 Å². The maximum Gasteiger partial charge on any atom is 0.241 e. The van der Waals surface area contributed by atoms with Crippen LogP contribution < -0.4 is 10.2 Å². The molecule has 0 bridgehead atoms. The third-order valence-corrected chi connectivity index (χ3v) is 8.64. The van der Waals surface area contributed by atoms with Gasteiger partial charge in [-0.05, 0) is 37.1 Å². The highest BCUT2D eigenvalue weighted by Crippen LogP contribution is 2.40. The minimum atomic E-state index is -0.609. The fraction of sp³-hybridized carbons (Fsp3) is 0.600. The van der Waals surface area contributed by atoms with Gasteiger partial charge < -0.3 is 20.1 Å². The molecule has 2 N–H and O–H groups in total. The number of carbonyl (C=O) groups excluding carboxylic acids is 1. The zero-order valence-corrected chi connectivity index (χ0v) is 23.9. The molecule has 2 aromatic rings. The number of fused-ring (bicyclic) bond motifs is 1. The van der Waals surface area contributed by atoms with Crippen LogP contribution in [0, 0.1) is 11.6 Å². The van der Waals surface area contributed by atoms with Crippen LogP contribution in [0.2, 0.25) is 0 Å². The van der Waals surface area contributed by atoms with Gasteiger partial charge in [0, 0.05) is 68.9 Å². The topological polar surface area (TPSA) is 81.2 Å². The fourth-order valence-electron chi connectivity index (χ4n) is 6.19. The van der Waals surface area contributed by atoms with Crippen molar-refractivity contribution in [3.8, 4) is 0 Å². The largest absolute Gasteiger partial charge is 0.394 e. The standard InChI is InChI=1S/C30H41F2N5O3/c1-20-14-35(24(13-33-20)15-36-7-8-40-19-30(36,4)18-38)16-27(39)37-17-29(2,3)28-26(37)10-21(12-34-28)9-22-5-6-23(31)11-25(22)32/h5-6,10-12,20,24,33,38H,7-9,13-19H2,1-4H3/t20-,24-,30-/m1/s1. The van der Waals surface area contributed by atoms with Crippen molar-refractivity contribution in [2.75, 3.05) is 64.0 Å². The third-order valence-electron chi connectivity index (χ3n) is 8.64. The summed E-state index contributed by atoms with van der Waals surface area (Å²) in [5.41, 5.74) is 1.99. The van der Waals surface area contributed by atoms with Gasteiger partial charge in [-0.15, -0.1) is 0 Å². The van der Waals surface area contributed by atoms with E-state index in [4.69, 9.17) is 9.72 Å². The number of nitrogens with one attached hydrogen (secondary N) is 1. The molecule has 0 aliphatic carbocycles. The Bertz CT molecular complexity index is 1240. The molecule has 4 heterocycles. The van der Waals surface area contributed by atoms with Crippen molar-refractivity contribution in [3.63, 3.8) is 0 Å². The first-order chi connectivity index (χ1) is 19.0. The van der Waals surface area contributed by atoms with E-state index in [1.165, 1.54) is 12.1 Å². The predicted molar refractivity (Wildman–Crippen MR) is 149 cm³/mol. The summed E-state index contributed by atoms with van der Waals surface area (Å²) >= 11 is 0. The number of amides is 1. The van der Waals surface area contributed by atoms with E-state index < -0.39 is 17.2 Å². The minimum Gasteiger partial charge on any atom is -0.394 e. The Hall–Kier alpha value is -2.50. The summed E-state index contributed by atoms with van der Waals surface area (Å²) in [5, 5.41) is 13.6. The number of morpholine rings is 1. The van der Waals surface area contributed by atoms with E-state index in [1.54, 1.807) is 6.20 Å². The first-order valence-electron chi connectivity index (χ1n) is 14.1. The van der Waals surface area contributed by atoms with Crippen molar-refractivity contribution in [1.82, 2.24) is 20.1 Å². The maximum absolute atomic E-state index is 14.3. The number of piperazine rings is 1. The number of aromatic nitrogens is 1. The van der Waals surface area contributed by atoms with Crippen LogP contribution in [-0.2, 0) is 21.4 Å². The number of carbonyl (C=O) groups is 1. The van der Waals surface area contributed by atoms with Gasteiger partial charge in [-0.25, -0.2) is 8.78 Å². The first-order valence-corrected chi connectivity index (χ1v) is 14.1. The Morgan fingerprint density at radius 3 is 2.80 bits per heavy atom. The van der Waals surface area contributed by atoms with Gasteiger partial charge >= 0.3 is 0 Å². The third kappa shape index (κ3) is 5.92. The maximum atomic E-state index is 14.3. The predicted octanol–water partition coefficient (Wildman–Crippen LogP) is 2.32. The molecule has 1 amide bonds. The average molecular weight is 558 g/mol. The number of hydrogen-bond donors (Lipinski definition) is 2. The summed E-state index contributed by atoms with van der Waals surface area (Å²) in [6.45, 7) is 13.2. The summed E-state index contributed by atoms with van der Waals surface area (Å²) in [5.74, 6) is -1.20. The number of halogens is 2. The number of benzene rings is 1. The fourth-order valence-corrected chi connectivity index (χ4v) is 6.19. The molecule has 0 unspecified atom stereocenters. The van der Waals surface area contributed by atoms with Gasteiger partial charge in [-0.1, -0.05) is 19.9 Å². The van der Waals surface area contributed by atoms with Gasteiger partial charge in [-0.2, -0.15) is 0 Å². The van der Waals surface area contributed by atoms with Gasteiger partial charge in [0.25, 0.3) is 0 Å². The molecular weight excluding hydrogens is 516 g/mol. The molecule has 1 aromatic carbocycles. The monoisotopic (exact) mass is 557 g/mol. The van der Waals surface area contributed by atoms with Crippen LogP contribution in [0.15, 0.2) is 30.5 Å². The van der Waals surface area contributed by atoms with Crippen LogP contribution in [-0.4, -0.2) is 103 Å². The highest BCUT2D eigenvalue weighted by Gasteiger charge is 2.42. The van der Waals surface area contributed by atoms with E-state index in [-0.39, 0.29) is 43.0 Å². The number of nitrogens with zero attached hydrogens (tertiary/aromatic N) is 4. The second-order valence-electron chi connectivity index (χ2n) is 12.5. The molecule has 2 saturated heterocycles. The number of pyridine rings is 1. The van der Waals surface area contributed by atoms with Crippen molar-refractivity contribution in [3.05, 3.63) is 58.9 Å². The SMILES string of the molecule is C[C@@H]1CN(CC(=O)N2CC(C)(C)c3ncc(Cc4ccc(F)cc4F)cc32)[C@@H](CN2CCOC[C@@]2(C)CO)CN1. The van der Waals surface area contributed by atoms with Gasteiger partial charge in [0.1, 0.15) is 11.6 Å². The lowest BCUT2D eigenvalue weighted by molar-refractivity contribution is -0.122. The molecule has 10 heteroatoms. The first kappa shape index (κ1) is 29.0. The molecule has 218 valence electrons. The Kier molecular flexibility index (Phi) is 8.27. The molecule has 3 aliphatic heterocycles. The smallest absolute Gasteiger partial charge is 0.241 e. The van der Waals surface area contributed by atoms with Crippen molar-refractivity contribution >= 4 is 11.6 Å². The number of rotatable bonds is 7. The Labute approximate surface area is 235 Å². The molecule has 1 aromatic heterocycles. The Balaban J connectivity index is 1.35. The van der Waals surface area contributed by atoms with E-state index in [0.717, 1.165) is 49.2 Å². The second kappa shape index (κ2) is 11.4. The van der Waals surface area contributed by atoms with E-state index in [2.05, 4.69) is 35.9 Å². The van der Waals surface area contributed by atoms with Gasteiger partial charge in [0.2, 0.25) is 5.91 Å². The van der Waals surface area contributed by atoms with Crippen molar-refractivity contribution in [1.29, 1.82) is 0 Å². The summed E-state index contributed by atoms with van der Waals surface area (Å²) in [7, 11) is 0. The molecule has 3 atom stereocenters. The van der Waals surface area contributed by atoms with Crippen molar-refractivity contribution in [2.45, 2.75) is 57.2 Å². The molecule has 8 nitrogen and oxygen atoms in total. The van der Waals surface area contributed by atoms with Gasteiger partial charge in [0.15, 0.2) is 0 Å². The summed E-state index contributed by atoms with van der Waals surface area (Å²) in [6.07, 6.45) is 1.99. The second-order valence-corrected chi connectivity index (χ2v) is 12.5. The number of anilines is 1. The normalized spacial score (nSPS) is 27.1. The lowest BCUT2D eigenvalue weighted by atomic mass is 9.91. The summed E-state index contributed by atoms with van der Waals surface area (Å²) in [4.78, 5) is 25.0. The lowest BCUT2D eigenvalue weighted by Gasteiger charge is -2.48. The van der Waals surface area contributed by atoms with Crippen LogP contribution in [0.1, 0.15) is 44.5 Å². The van der Waals surface area contributed by atoms with Crippen LogP contribution in [0.25, 0.3) is 0 Å². The van der Waals surface area contributed by atoms with Crippen molar-refractivity contribution < 1.29 is 23.4 Å². The molecule has 40 heavy (non-hydrogen) atoms. The molecule has 0 radical (unpaired) electrons. The van der Waals surface area contributed by atoms with Crippen LogP contribution in [0.4, 0.5) is 14.5 Å². The zero-order chi connectivity index (χ0) is 28.7. The molecule has 3 aliphatic rings. The van der Waals surface area contributed by atoms with Gasteiger partial charge in [0.05, 0.1) is 43.3 Å². The number of aliphatic hydroxyl groups excluding tert-OH is 1. The summed E-state index contributed by atoms with van der Waals surface area (Å²) < 4.78 is 33.4. The number of hydrogen-bond acceptors (Lipinski definition) is 7. The van der Waals surface area contributed by atoms with Crippen LogP contribution in [0.3, 0.4) is 0 Å². The van der Waals surface area contributed by atoms with Gasteiger partial charge in [-0.3, -0.25) is 19.6 Å². The molecule has 0 spiro atoms.